The molecule has 0 radical (unpaired) electrons. The number of aliphatic imine (C=N–C) groups is 1. The number of aromatic nitrogens is 2. The van der Waals surface area contributed by atoms with E-state index < -0.39 is 18.0 Å². The molecule has 1 aliphatic heterocycles. The van der Waals surface area contributed by atoms with E-state index in [1.807, 2.05) is 0 Å². The van der Waals surface area contributed by atoms with Crippen LogP contribution in [-0.4, -0.2) is 53.0 Å². The van der Waals surface area contributed by atoms with Gasteiger partial charge in [-0.3, -0.25) is 4.99 Å². The van der Waals surface area contributed by atoms with Crippen LogP contribution in [0.2, 0.25) is 5.02 Å². The number of benzene rings is 1. The highest BCUT2D eigenvalue weighted by Crippen LogP contribution is 2.18. The third-order valence-electron chi connectivity index (χ3n) is 3.80. The predicted octanol–water partition coefficient (Wildman–Crippen LogP) is 2.59. The van der Waals surface area contributed by atoms with Crippen LogP contribution in [0.25, 0.3) is 0 Å². The molecule has 0 bridgehead atoms. The molecule has 0 unspecified atom stereocenters. The third-order valence-corrected chi connectivity index (χ3v) is 4.11. The third kappa shape index (κ3) is 5.11. The van der Waals surface area contributed by atoms with E-state index in [0.717, 1.165) is 0 Å². The van der Waals surface area contributed by atoms with Crippen molar-refractivity contribution in [2.75, 3.05) is 25.4 Å². The van der Waals surface area contributed by atoms with Crippen LogP contribution in [0.15, 0.2) is 35.7 Å². The van der Waals surface area contributed by atoms with Crippen molar-refractivity contribution in [1.29, 1.82) is 0 Å². The van der Waals surface area contributed by atoms with Gasteiger partial charge in [-0.05, 0) is 17.7 Å². The summed E-state index contributed by atoms with van der Waals surface area (Å²) in [4.78, 5) is 25.6. The number of halogens is 2. The van der Waals surface area contributed by atoms with Gasteiger partial charge in [0.2, 0.25) is 0 Å². The minimum Gasteiger partial charge on any atom is -0.445 e. The SMILES string of the molecule is Nc1ncncc1N=C[C@@H]1CN(C(=O)OCc2ccc(Cl)c(F)c2)CCO1. The highest BCUT2D eigenvalue weighted by molar-refractivity contribution is 6.30. The molecule has 1 amide bonds. The highest BCUT2D eigenvalue weighted by atomic mass is 35.5. The first-order valence-electron chi connectivity index (χ1n) is 8.10. The average Bonchev–Trinajstić information content (AvgIpc) is 2.68. The van der Waals surface area contributed by atoms with Gasteiger partial charge in [0.15, 0.2) is 5.82 Å². The van der Waals surface area contributed by atoms with Crippen molar-refractivity contribution >= 4 is 35.4 Å². The summed E-state index contributed by atoms with van der Waals surface area (Å²) in [5.41, 5.74) is 6.63. The Balaban J connectivity index is 1.54. The molecular weight excluding hydrogens is 377 g/mol. The van der Waals surface area contributed by atoms with Crippen molar-refractivity contribution in [3.05, 3.63) is 47.1 Å². The second-order valence-electron chi connectivity index (χ2n) is 5.73. The van der Waals surface area contributed by atoms with Crippen molar-refractivity contribution in [2.45, 2.75) is 12.7 Å². The zero-order valence-corrected chi connectivity index (χ0v) is 15.0. The van der Waals surface area contributed by atoms with E-state index >= 15 is 0 Å². The number of carbonyl (C=O) groups excluding carboxylic acids is 1. The van der Waals surface area contributed by atoms with Crippen molar-refractivity contribution in [2.24, 2.45) is 4.99 Å². The highest BCUT2D eigenvalue weighted by Gasteiger charge is 2.24. The van der Waals surface area contributed by atoms with Crippen LogP contribution < -0.4 is 5.73 Å². The number of anilines is 1. The Kier molecular flexibility index (Phi) is 6.15. The van der Waals surface area contributed by atoms with Gasteiger partial charge in [0.1, 0.15) is 30.5 Å². The van der Waals surface area contributed by atoms with E-state index in [4.69, 9.17) is 26.8 Å². The summed E-state index contributed by atoms with van der Waals surface area (Å²) in [5.74, 6) is -0.305. The van der Waals surface area contributed by atoms with Gasteiger partial charge in [0.05, 0.1) is 24.4 Å². The first kappa shape index (κ1) is 19.0. The molecule has 2 aromatic rings. The zero-order valence-electron chi connectivity index (χ0n) is 14.2. The Bertz CT molecular complexity index is 851. The molecule has 142 valence electrons. The molecule has 1 atom stereocenters. The van der Waals surface area contributed by atoms with Crippen LogP contribution >= 0.6 is 11.6 Å². The summed E-state index contributed by atoms with van der Waals surface area (Å²) in [5, 5.41) is 0.0184. The van der Waals surface area contributed by atoms with Crippen LogP contribution in [0, 0.1) is 5.82 Å². The maximum Gasteiger partial charge on any atom is 0.410 e. The molecule has 2 N–H and O–H groups in total. The zero-order chi connectivity index (χ0) is 19.2. The number of amides is 1. The van der Waals surface area contributed by atoms with E-state index in [0.29, 0.717) is 24.4 Å². The molecule has 1 aromatic carbocycles. The van der Waals surface area contributed by atoms with E-state index in [1.54, 1.807) is 12.3 Å². The Morgan fingerprint density at radius 2 is 2.41 bits per heavy atom. The monoisotopic (exact) mass is 393 g/mol. The topological polar surface area (TPSA) is 103 Å². The Hall–Kier alpha value is -2.78. The molecule has 0 saturated carbocycles. The molecule has 1 aromatic heterocycles. The molecule has 1 aliphatic rings. The molecule has 2 heterocycles. The number of morpholine rings is 1. The lowest BCUT2D eigenvalue weighted by atomic mass is 10.2. The second-order valence-corrected chi connectivity index (χ2v) is 6.14. The molecular formula is C17H17ClFN5O3. The minimum atomic E-state index is -0.558. The lowest BCUT2D eigenvalue weighted by Gasteiger charge is -2.30. The summed E-state index contributed by atoms with van der Waals surface area (Å²) in [6.45, 7) is 0.933. The van der Waals surface area contributed by atoms with Crippen LogP contribution in [-0.2, 0) is 16.1 Å². The van der Waals surface area contributed by atoms with Crippen molar-refractivity contribution in [1.82, 2.24) is 14.9 Å². The van der Waals surface area contributed by atoms with Gasteiger partial charge < -0.3 is 20.1 Å². The fraction of sp³-hybridized carbons (Fsp3) is 0.294. The number of rotatable bonds is 4. The fourth-order valence-electron chi connectivity index (χ4n) is 2.39. The van der Waals surface area contributed by atoms with Gasteiger partial charge in [-0.25, -0.2) is 19.2 Å². The minimum absolute atomic E-state index is 0.0184. The van der Waals surface area contributed by atoms with Crippen LogP contribution in [0.3, 0.4) is 0 Å². The fourth-order valence-corrected chi connectivity index (χ4v) is 2.51. The van der Waals surface area contributed by atoms with Crippen LogP contribution in [0.1, 0.15) is 5.56 Å². The molecule has 0 aliphatic carbocycles. The molecule has 0 spiro atoms. The largest absolute Gasteiger partial charge is 0.445 e. The summed E-state index contributed by atoms with van der Waals surface area (Å²) >= 11 is 5.63. The van der Waals surface area contributed by atoms with Gasteiger partial charge in [0.25, 0.3) is 0 Å². The first-order chi connectivity index (χ1) is 13.0. The van der Waals surface area contributed by atoms with Crippen LogP contribution in [0.5, 0.6) is 0 Å². The molecule has 8 nitrogen and oxygen atoms in total. The van der Waals surface area contributed by atoms with Crippen molar-refractivity contribution in [3.63, 3.8) is 0 Å². The lowest BCUT2D eigenvalue weighted by molar-refractivity contribution is 0.00329. The summed E-state index contributed by atoms with van der Waals surface area (Å²) in [6.07, 6.45) is 3.42. The molecule has 10 heteroatoms. The second kappa shape index (κ2) is 8.74. The van der Waals surface area contributed by atoms with Gasteiger partial charge in [-0.2, -0.15) is 0 Å². The number of nitrogens with zero attached hydrogens (tertiary/aromatic N) is 4. The number of hydrogen-bond acceptors (Lipinski definition) is 7. The van der Waals surface area contributed by atoms with Gasteiger partial charge in [-0.1, -0.05) is 17.7 Å². The Morgan fingerprint density at radius 1 is 1.56 bits per heavy atom. The maximum absolute atomic E-state index is 13.4. The van der Waals surface area contributed by atoms with Crippen molar-refractivity contribution in [3.8, 4) is 0 Å². The number of nitrogens with two attached hydrogens (primary N) is 1. The van der Waals surface area contributed by atoms with E-state index in [2.05, 4.69) is 15.0 Å². The molecule has 1 fully saturated rings. The number of hydrogen-bond donors (Lipinski definition) is 1. The Morgan fingerprint density at radius 3 is 3.19 bits per heavy atom. The number of nitrogen functional groups attached to an aromatic ring is 1. The number of carbonyl (C=O) groups is 1. The molecule has 1 saturated heterocycles. The molecule has 3 rings (SSSR count). The standard InChI is InChI=1S/C17H17ClFN5O3/c18-13-2-1-11(5-14(13)19)9-27-17(25)24-3-4-26-12(8-24)6-22-15-7-21-10-23-16(15)20/h1-2,5-7,10,12H,3-4,8-9H2,(H2,20,21,23)/t12-/m1/s1. The molecule has 27 heavy (non-hydrogen) atoms. The lowest BCUT2D eigenvalue weighted by Crippen LogP contribution is -2.46. The summed E-state index contributed by atoms with van der Waals surface area (Å²) in [6, 6.07) is 4.25. The van der Waals surface area contributed by atoms with Crippen molar-refractivity contribution < 1.29 is 18.7 Å². The number of ether oxygens (including phenoxy) is 2. The van der Waals surface area contributed by atoms with E-state index in [-0.39, 0.29) is 24.0 Å². The van der Waals surface area contributed by atoms with E-state index in [9.17, 15) is 9.18 Å². The first-order valence-corrected chi connectivity index (χ1v) is 8.47. The van der Waals surface area contributed by atoms with Gasteiger partial charge in [0, 0.05) is 12.8 Å². The van der Waals surface area contributed by atoms with E-state index in [1.165, 1.54) is 29.6 Å². The maximum atomic E-state index is 13.4. The quantitative estimate of drug-likeness (QED) is 0.801. The smallest absolute Gasteiger partial charge is 0.410 e. The normalized spacial score (nSPS) is 17.3. The van der Waals surface area contributed by atoms with Crippen LogP contribution in [0.4, 0.5) is 20.7 Å². The average molecular weight is 394 g/mol. The van der Waals surface area contributed by atoms with Gasteiger partial charge in [-0.15, -0.1) is 0 Å². The Labute approximate surface area is 159 Å². The summed E-state index contributed by atoms with van der Waals surface area (Å²) in [7, 11) is 0. The van der Waals surface area contributed by atoms with Gasteiger partial charge >= 0.3 is 6.09 Å². The predicted molar refractivity (Wildman–Crippen MR) is 97.5 cm³/mol. The summed E-state index contributed by atoms with van der Waals surface area (Å²) < 4.78 is 24.2.